The van der Waals surface area contributed by atoms with Crippen molar-refractivity contribution in [3.63, 3.8) is 0 Å². The van der Waals surface area contributed by atoms with Crippen molar-refractivity contribution >= 4 is 5.97 Å². The average Bonchev–Trinajstić information content (AvgIpc) is 2.42. The molecule has 0 bridgehead atoms. The monoisotopic (exact) mass is 256 g/mol. The van der Waals surface area contributed by atoms with E-state index in [4.69, 9.17) is 18.9 Å². The molecule has 0 aliphatic heterocycles. The smallest absolute Gasteiger partial charge is 0.337 e. The molecule has 6 heteroatoms. The van der Waals surface area contributed by atoms with Crippen LogP contribution in [0.15, 0.2) is 18.2 Å². The highest BCUT2D eigenvalue weighted by Crippen LogP contribution is 2.28. The first-order chi connectivity index (χ1) is 8.72. The average molecular weight is 256 g/mol. The summed E-state index contributed by atoms with van der Waals surface area (Å²) < 4.78 is 24.8. The first-order valence-electron chi connectivity index (χ1n) is 5.18. The fraction of sp³-hybridized carbons (Fsp3) is 0.417. The standard InChI is InChI=1S/C12H16O6/c1-14-7-17-10-5-4-9(12(13)16-3)6-11(10)18-8-15-2/h4-6H,7-8H2,1-3H3. The largest absolute Gasteiger partial charge is 0.465 e. The summed E-state index contributed by atoms with van der Waals surface area (Å²) >= 11 is 0. The Hall–Kier alpha value is -1.79. The molecule has 1 aromatic rings. The summed E-state index contributed by atoms with van der Waals surface area (Å²) in [5.74, 6) is 0.397. The number of methoxy groups -OCH3 is 3. The van der Waals surface area contributed by atoms with Gasteiger partial charge in [-0.2, -0.15) is 0 Å². The van der Waals surface area contributed by atoms with Crippen LogP contribution in [0, 0.1) is 0 Å². The van der Waals surface area contributed by atoms with Crippen molar-refractivity contribution < 1.29 is 28.5 Å². The van der Waals surface area contributed by atoms with Gasteiger partial charge in [0.2, 0.25) is 0 Å². The minimum Gasteiger partial charge on any atom is -0.465 e. The highest BCUT2D eigenvalue weighted by molar-refractivity contribution is 5.90. The SMILES string of the molecule is COCOc1ccc(C(=O)OC)cc1OCOC. The Morgan fingerprint density at radius 2 is 1.61 bits per heavy atom. The number of ether oxygens (including phenoxy) is 5. The Bertz CT molecular complexity index is 390. The second-order valence-electron chi connectivity index (χ2n) is 3.25. The highest BCUT2D eigenvalue weighted by atomic mass is 16.7. The van der Waals surface area contributed by atoms with Gasteiger partial charge in [-0.1, -0.05) is 0 Å². The summed E-state index contributed by atoms with van der Waals surface area (Å²) in [6.07, 6.45) is 0. The molecule has 0 aromatic heterocycles. The van der Waals surface area contributed by atoms with Crippen molar-refractivity contribution in [1.82, 2.24) is 0 Å². The van der Waals surface area contributed by atoms with Crippen LogP contribution in [0.2, 0.25) is 0 Å². The maximum atomic E-state index is 11.4. The second kappa shape index (κ2) is 7.52. The summed E-state index contributed by atoms with van der Waals surface area (Å²) in [5.41, 5.74) is 0.369. The van der Waals surface area contributed by atoms with Crippen LogP contribution in [-0.4, -0.2) is 40.9 Å². The van der Waals surface area contributed by atoms with Crippen molar-refractivity contribution in [2.24, 2.45) is 0 Å². The van der Waals surface area contributed by atoms with E-state index >= 15 is 0 Å². The molecule has 0 saturated carbocycles. The Kier molecular flexibility index (Phi) is 5.96. The minimum atomic E-state index is -0.449. The lowest BCUT2D eigenvalue weighted by atomic mass is 10.2. The van der Waals surface area contributed by atoms with Crippen molar-refractivity contribution in [1.29, 1.82) is 0 Å². The molecule has 6 nitrogen and oxygen atoms in total. The third kappa shape index (κ3) is 3.90. The molecule has 0 aliphatic carbocycles. The summed E-state index contributed by atoms with van der Waals surface area (Å²) in [7, 11) is 4.33. The van der Waals surface area contributed by atoms with Crippen LogP contribution in [-0.2, 0) is 14.2 Å². The van der Waals surface area contributed by atoms with Gasteiger partial charge >= 0.3 is 5.97 Å². The molecular weight excluding hydrogens is 240 g/mol. The number of esters is 1. The van der Waals surface area contributed by atoms with Gasteiger partial charge in [0.05, 0.1) is 12.7 Å². The Balaban J connectivity index is 2.92. The lowest BCUT2D eigenvalue weighted by Gasteiger charge is -2.12. The number of carbonyl (C=O) groups is 1. The minimum absolute atomic E-state index is 0.0496. The molecule has 0 fully saturated rings. The lowest BCUT2D eigenvalue weighted by molar-refractivity contribution is 0.0320. The van der Waals surface area contributed by atoms with E-state index in [-0.39, 0.29) is 13.6 Å². The van der Waals surface area contributed by atoms with Gasteiger partial charge in [0.15, 0.2) is 25.1 Å². The fourth-order valence-electron chi connectivity index (χ4n) is 1.23. The molecule has 0 heterocycles. The van der Waals surface area contributed by atoms with Crippen molar-refractivity contribution in [2.45, 2.75) is 0 Å². The predicted molar refractivity (Wildman–Crippen MR) is 62.8 cm³/mol. The molecule has 1 rings (SSSR count). The first kappa shape index (κ1) is 14.3. The van der Waals surface area contributed by atoms with Crippen LogP contribution in [0.1, 0.15) is 10.4 Å². The molecule has 0 spiro atoms. The second-order valence-corrected chi connectivity index (χ2v) is 3.25. The molecule has 0 aliphatic rings. The summed E-state index contributed by atoms with van der Waals surface area (Å²) in [4.78, 5) is 11.4. The van der Waals surface area contributed by atoms with E-state index in [0.717, 1.165) is 0 Å². The number of hydrogen-bond acceptors (Lipinski definition) is 6. The number of hydrogen-bond donors (Lipinski definition) is 0. The Morgan fingerprint density at radius 1 is 1.00 bits per heavy atom. The molecule has 0 N–H and O–H groups in total. The van der Waals surface area contributed by atoms with E-state index in [1.807, 2.05) is 0 Å². The highest BCUT2D eigenvalue weighted by Gasteiger charge is 2.12. The van der Waals surface area contributed by atoms with Crippen LogP contribution in [0.25, 0.3) is 0 Å². The number of rotatable bonds is 7. The lowest BCUT2D eigenvalue weighted by Crippen LogP contribution is -2.07. The van der Waals surface area contributed by atoms with Gasteiger partial charge in [0.25, 0.3) is 0 Å². The molecule has 100 valence electrons. The van der Waals surface area contributed by atoms with Gasteiger partial charge in [0, 0.05) is 14.2 Å². The zero-order valence-corrected chi connectivity index (χ0v) is 10.6. The van der Waals surface area contributed by atoms with Gasteiger partial charge < -0.3 is 23.7 Å². The van der Waals surface area contributed by atoms with Crippen molar-refractivity contribution in [2.75, 3.05) is 34.9 Å². The molecular formula is C12H16O6. The molecule has 0 atom stereocenters. The third-order valence-corrected chi connectivity index (χ3v) is 2.03. The molecule has 0 saturated heterocycles. The number of benzene rings is 1. The fourth-order valence-corrected chi connectivity index (χ4v) is 1.23. The van der Waals surface area contributed by atoms with E-state index in [0.29, 0.717) is 17.1 Å². The summed E-state index contributed by atoms with van der Waals surface area (Å²) in [6, 6.07) is 4.71. The molecule has 18 heavy (non-hydrogen) atoms. The molecule has 1 aromatic carbocycles. The molecule has 0 unspecified atom stereocenters. The van der Waals surface area contributed by atoms with Gasteiger partial charge in [-0.3, -0.25) is 0 Å². The van der Waals surface area contributed by atoms with E-state index < -0.39 is 5.97 Å². The van der Waals surface area contributed by atoms with E-state index in [1.54, 1.807) is 12.1 Å². The van der Waals surface area contributed by atoms with E-state index in [2.05, 4.69) is 4.74 Å². The van der Waals surface area contributed by atoms with E-state index in [1.165, 1.54) is 27.4 Å². The van der Waals surface area contributed by atoms with Crippen LogP contribution in [0.4, 0.5) is 0 Å². The van der Waals surface area contributed by atoms with E-state index in [9.17, 15) is 4.79 Å². The van der Waals surface area contributed by atoms with Crippen LogP contribution >= 0.6 is 0 Å². The molecule has 0 amide bonds. The Morgan fingerprint density at radius 3 is 2.17 bits per heavy atom. The zero-order chi connectivity index (χ0) is 13.4. The van der Waals surface area contributed by atoms with Crippen LogP contribution in [0.5, 0.6) is 11.5 Å². The maximum absolute atomic E-state index is 11.4. The summed E-state index contributed by atoms with van der Waals surface area (Å²) in [5, 5.41) is 0. The zero-order valence-electron chi connectivity index (χ0n) is 10.6. The summed E-state index contributed by atoms with van der Waals surface area (Å²) in [6.45, 7) is 0.134. The Labute approximate surface area is 105 Å². The maximum Gasteiger partial charge on any atom is 0.337 e. The van der Waals surface area contributed by atoms with Gasteiger partial charge in [-0.05, 0) is 18.2 Å². The third-order valence-electron chi connectivity index (χ3n) is 2.03. The van der Waals surface area contributed by atoms with Gasteiger partial charge in [-0.25, -0.2) is 4.79 Å². The first-order valence-corrected chi connectivity index (χ1v) is 5.18. The number of carbonyl (C=O) groups excluding carboxylic acids is 1. The quantitative estimate of drug-likeness (QED) is 0.543. The van der Waals surface area contributed by atoms with Crippen molar-refractivity contribution in [3.05, 3.63) is 23.8 Å². The predicted octanol–water partition coefficient (Wildman–Crippen LogP) is 1.44. The van der Waals surface area contributed by atoms with Crippen LogP contribution in [0.3, 0.4) is 0 Å². The van der Waals surface area contributed by atoms with Crippen LogP contribution < -0.4 is 9.47 Å². The van der Waals surface area contributed by atoms with Gasteiger partial charge in [0.1, 0.15) is 0 Å². The topological polar surface area (TPSA) is 63.2 Å². The van der Waals surface area contributed by atoms with Crippen molar-refractivity contribution in [3.8, 4) is 11.5 Å². The molecule has 0 radical (unpaired) electrons. The van der Waals surface area contributed by atoms with Gasteiger partial charge in [-0.15, -0.1) is 0 Å². The normalized spacial score (nSPS) is 9.94.